The number of hydrogen-bond donors (Lipinski definition) is 0. The molecule has 0 spiro atoms. The zero-order valence-electron chi connectivity index (χ0n) is 22.6. The minimum atomic E-state index is -0.646. The Hall–Kier alpha value is -2.21. The van der Waals surface area contributed by atoms with Gasteiger partial charge in [0, 0.05) is 24.2 Å². The Morgan fingerprint density at radius 3 is 2.46 bits per heavy atom. The summed E-state index contributed by atoms with van der Waals surface area (Å²) < 4.78 is 6.93. The third-order valence-corrected chi connectivity index (χ3v) is 8.12. The van der Waals surface area contributed by atoms with Gasteiger partial charge in [0.2, 0.25) is 5.69 Å². The summed E-state index contributed by atoms with van der Waals surface area (Å²) in [5, 5.41) is 0. The van der Waals surface area contributed by atoms with Gasteiger partial charge in [-0.2, -0.15) is 0 Å². The molecule has 192 valence electrons. The van der Waals surface area contributed by atoms with E-state index in [1.807, 2.05) is 24.3 Å². The molecule has 35 heavy (non-hydrogen) atoms. The smallest absolute Gasteiger partial charge is 0.362 e. The summed E-state index contributed by atoms with van der Waals surface area (Å²) in [5.41, 5.74) is 1.61. The van der Waals surface area contributed by atoms with E-state index in [9.17, 15) is 9.59 Å². The second-order valence-corrected chi connectivity index (χ2v) is 12.5. The largest absolute Gasteiger partial charge is 0.461 e. The normalized spacial score (nSPS) is 25.6. The molecule has 1 aromatic heterocycles. The van der Waals surface area contributed by atoms with Gasteiger partial charge < -0.3 is 9.30 Å². The molecular formula is C29H43N3O3. The Bertz CT molecular complexity index is 1120. The highest BCUT2D eigenvalue weighted by molar-refractivity contribution is 5.89. The number of hydrogen-bond acceptors (Lipinski definition) is 5. The topological polar surface area (TPSA) is 64.4 Å². The number of benzene rings is 1. The van der Waals surface area contributed by atoms with Crippen molar-refractivity contribution in [3.8, 4) is 0 Å². The van der Waals surface area contributed by atoms with E-state index in [0.29, 0.717) is 34.5 Å². The van der Waals surface area contributed by atoms with Crippen LogP contribution in [0.2, 0.25) is 0 Å². The van der Waals surface area contributed by atoms with Gasteiger partial charge in [-0.05, 0) is 82.3 Å². The zero-order valence-corrected chi connectivity index (χ0v) is 22.6. The van der Waals surface area contributed by atoms with Crippen molar-refractivity contribution in [3.63, 3.8) is 0 Å². The van der Waals surface area contributed by atoms with Crippen LogP contribution in [-0.4, -0.2) is 45.2 Å². The van der Waals surface area contributed by atoms with Gasteiger partial charge in [-0.25, -0.2) is 9.78 Å². The Balaban J connectivity index is 1.67. The average Bonchev–Trinajstić information content (AvgIpc) is 3.11. The van der Waals surface area contributed by atoms with Crippen molar-refractivity contribution in [2.24, 2.45) is 10.8 Å². The Kier molecular flexibility index (Phi) is 7.16. The molecule has 1 aliphatic carbocycles. The highest BCUT2D eigenvalue weighted by atomic mass is 16.5. The van der Waals surface area contributed by atoms with Gasteiger partial charge in [-0.15, -0.1) is 0 Å². The highest BCUT2D eigenvalue weighted by Gasteiger charge is 2.45. The highest BCUT2D eigenvalue weighted by Crippen LogP contribution is 2.49. The summed E-state index contributed by atoms with van der Waals surface area (Å²) in [6.07, 6.45) is 6.90. The van der Waals surface area contributed by atoms with Crippen LogP contribution in [0.1, 0.15) is 104 Å². The molecule has 0 bridgehead atoms. The van der Waals surface area contributed by atoms with E-state index in [2.05, 4.69) is 51.4 Å². The van der Waals surface area contributed by atoms with Gasteiger partial charge in [-0.3, -0.25) is 9.69 Å². The number of rotatable bonds is 6. The number of nitrogens with zero attached hydrogens (tertiary/aromatic N) is 3. The molecule has 2 aromatic rings. The van der Waals surface area contributed by atoms with Crippen molar-refractivity contribution in [2.75, 3.05) is 6.61 Å². The molecule has 2 aliphatic rings. The van der Waals surface area contributed by atoms with Crippen LogP contribution < -0.4 is 5.56 Å². The first-order valence-corrected chi connectivity index (χ1v) is 13.4. The third kappa shape index (κ3) is 5.32. The van der Waals surface area contributed by atoms with E-state index < -0.39 is 5.97 Å². The third-order valence-electron chi connectivity index (χ3n) is 8.12. The van der Waals surface area contributed by atoms with E-state index in [0.717, 1.165) is 18.4 Å². The fourth-order valence-electron chi connectivity index (χ4n) is 7.41. The fraction of sp³-hybridized carbons (Fsp3) is 0.690. The molecule has 1 saturated carbocycles. The summed E-state index contributed by atoms with van der Waals surface area (Å²) in [5.74, 6) is -0.646. The SMILES string of the molecule is CCOC(=O)c1nc2ccccc2n([C@@H](C)C[C@@H]2CC[C@H](C)N2C2CC(C)(C)CC(C)(C)C2)c1=O. The lowest BCUT2D eigenvalue weighted by Gasteiger charge is -2.50. The van der Waals surface area contributed by atoms with Crippen LogP contribution in [0.5, 0.6) is 0 Å². The second kappa shape index (κ2) is 9.68. The van der Waals surface area contributed by atoms with Crippen molar-refractivity contribution in [1.82, 2.24) is 14.5 Å². The summed E-state index contributed by atoms with van der Waals surface area (Å²) in [4.78, 5) is 33.2. The van der Waals surface area contributed by atoms with E-state index in [1.54, 1.807) is 11.5 Å². The van der Waals surface area contributed by atoms with E-state index in [1.165, 1.54) is 25.7 Å². The predicted molar refractivity (Wildman–Crippen MR) is 141 cm³/mol. The van der Waals surface area contributed by atoms with Crippen molar-refractivity contribution in [2.45, 2.75) is 111 Å². The number of fused-ring (bicyclic) bond motifs is 1. The van der Waals surface area contributed by atoms with Crippen LogP contribution in [0.4, 0.5) is 0 Å². The van der Waals surface area contributed by atoms with E-state index >= 15 is 0 Å². The number of likely N-dealkylation sites (tertiary alicyclic amines) is 1. The summed E-state index contributed by atoms with van der Waals surface area (Å²) in [6, 6.07) is 9.05. The molecule has 1 aliphatic heterocycles. The molecule has 6 nitrogen and oxygen atoms in total. The van der Waals surface area contributed by atoms with Crippen molar-refractivity contribution in [1.29, 1.82) is 0 Å². The van der Waals surface area contributed by atoms with Crippen LogP contribution >= 0.6 is 0 Å². The zero-order chi connectivity index (χ0) is 25.5. The first-order valence-electron chi connectivity index (χ1n) is 13.4. The number of para-hydroxylation sites is 2. The molecule has 2 fully saturated rings. The van der Waals surface area contributed by atoms with Crippen LogP contribution in [0, 0.1) is 10.8 Å². The van der Waals surface area contributed by atoms with Gasteiger partial charge in [-0.1, -0.05) is 39.8 Å². The molecule has 1 aromatic carbocycles. The lowest BCUT2D eigenvalue weighted by molar-refractivity contribution is 0.000601. The number of aromatic nitrogens is 2. The first-order chi connectivity index (χ1) is 16.4. The lowest BCUT2D eigenvalue weighted by atomic mass is 9.63. The maximum Gasteiger partial charge on any atom is 0.362 e. The molecule has 6 heteroatoms. The molecular weight excluding hydrogens is 438 g/mol. The Morgan fingerprint density at radius 1 is 1.14 bits per heavy atom. The minimum absolute atomic E-state index is 0.0639. The number of carbonyl (C=O) groups excluding carboxylic acids is 1. The van der Waals surface area contributed by atoms with Crippen LogP contribution in [0.15, 0.2) is 29.1 Å². The summed E-state index contributed by atoms with van der Waals surface area (Å²) >= 11 is 0. The van der Waals surface area contributed by atoms with Gasteiger partial charge >= 0.3 is 5.97 Å². The molecule has 3 atom stereocenters. The van der Waals surface area contributed by atoms with Gasteiger partial charge in [0.25, 0.3) is 5.56 Å². The average molecular weight is 482 g/mol. The van der Waals surface area contributed by atoms with Crippen LogP contribution in [0.3, 0.4) is 0 Å². The maximum atomic E-state index is 13.5. The van der Waals surface area contributed by atoms with Crippen LogP contribution in [-0.2, 0) is 4.74 Å². The molecule has 0 N–H and O–H groups in total. The molecule has 4 rings (SSSR count). The fourth-order valence-corrected chi connectivity index (χ4v) is 7.41. The molecule has 0 radical (unpaired) electrons. The van der Waals surface area contributed by atoms with Gasteiger partial charge in [0.1, 0.15) is 0 Å². The standard InChI is InChI=1S/C29H43N3O3/c1-8-35-27(34)25-26(33)32(24-12-10-9-11-23(24)30-25)20(3)15-21-14-13-19(2)31(21)22-16-28(4,5)18-29(6,7)17-22/h9-12,19-22H,8,13-18H2,1-7H3/t19-,20-,21-/m0/s1. The van der Waals surface area contributed by atoms with Crippen molar-refractivity contribution >= 4 is 17.0 Å². The van der Waals surface area contributed by atoms with Crippen molar-refractivity contribution in [3.05, 3.63) is 40.3 Å². The summed E-state index contributed by atoms with van der Waals surface area (Å²) in [6.45, 7) is 16.1. The molecule has 0 amide bonds. The Morgan fingerprint density at radius 2 is 1.80 bits per heavy atom. The Labute approximate surface area is 210 Å². The summed E-state index contributed by atoms with van der Waals surface area (Å²) in [7, 11) is 0. The first kappa shape index (κ1) is 25.9. The molecule has 2 heterocycles. The second-order valence-electron chi connectivity index (χ2n) is 12.5. The minimum Gasteiger partial charge on any atom is -0.461 e. The van der Waals surface area contributed by atoms with Crippen molar-refractivity contribution < 1.29 is 9.53 Å². The lowest BCUT2D eigenvalue weighted by Crippen LogP contribution is -2.50. The van der Waals surface area contributed by atoms with Gasteiger partial charge in [0.05, 0.1) is 17.6 Å². The molecule has 0 unspecified atom stereocenters. The number of carbonyl (C=O) groups is 1. The maximum absolute atomic E-state index is 13.5. The molecule has 1 saturated heterocycles. The number of esters is 1. The van der Waals surface area contributed by atoms with Crippen LogP contribution in [0.25, 0.3) is 11.0 Å². The van der Waals surface area contributed by atoms with E-state index in [4.69, 9.17) is 4.74 Å². The van der Waals surface area contributed by atoms with Gasteiger partial charge in [0.15, 0.2) is 0 Å². The van der Waals surface area contributed by atoms with E-state index in [-0.39, 0.29) is 23.9 Å². The predicted octanol–water partition coefficient (Wildman–Crippen LogP) is 5.98. The quantitative estimate of drug-likeness (QED) is 0.475. The monoisotopic (exact) mass is 481 g/mol. The number of ether oxygens (including phenoxy) is 1.